The van der Waals surface area contributed by atoms with Crippen molar-refractivity contribution < 1.29 is 22.9 Å². The molecule has 0 N–H and O–H groups in total. The molecule has 1 rings (SSSR count). The second-order valence-electron chi connectivity index (χ2n) is 5.00. The van der Waals surface area contributed by atoms with Crippen LogP contribution in [0.3, 0.4) is 0 Å². The lowest BCUT2D eigenvalue weighted by molar-refractivity contribution is -0.384. The van der Waals surface area contributed by atoms with E-state index in [-0.39, 0.29) is 5.56 Å². The summed E-state index contributed by atoms with van der Waals surface area (Å²) >= 11 is 5.64. The fourth-order valence-corrected chi connectivity index (χ4v) is 2.90. The number of halogens is 2. The Hall–Kier alpha value is -1.38. The van der Waals surface area contributed by atoms with Gasteiger partial charge in [0.25, 0.3) is 14.7 Å². The van der Waals surface area contributed by atoms with Gasteiger partial charge in [-0.15, -0.1) is 0 Å². The van der Waals surface area contributed by atoms with Gasteiger partial charge in [0, 0.05) is 16.7 Å². The molecular formula is C11H11Cl2NO6S. The van der Waals surface area contributed by atoms with Crippen LogP contribution in [0, 0.1) is 10.1 Å². The molecule has 0 saturated carbocycles. The first-order valence-electron chi connectivity index (χ1n) is 5.49. The van der Waals surface area contributed by atoms with Crippen LogP contribution >= 0.6 is 22.3 Å². The van der Waals surface area contributed by atoms with Crippen LogP contribution in [0.5, 0.6) is 0 Å². The third-order valence-electron chi connectivity index (χ3n) is 2.11. The van der Waals surface area contributed by atoms with Gasteiger partial charge in [0.05, 0.1) is 10.5 Å². The lowest BCUT2D eigenvalue weighted by Gasteiger charge is -2.19. The van der Waals surface area contributed by atoms with Crippen molar-refractivity contribution in [2.45, 2.75) is 31.3 Å². The Morgan fingerprint density at radius 1 is 1.33 bits per heavy atom. The van der Waals surface area contributed by atoms with Crippen molar-refractivity contribution in [3.8, 4) is 0 Å². The highest BCUT2D eigenvalue weighted by Gasteiger charge is 2.28. The van der Waals surface area contributed by atoms with E-state index in [1.807, 2.05) is 0 Å². The SMILES string of the molecule is CC(C)(C)OC(=O)c1cc([N+](=O)[O-])c(Cl)c(S(=O)(=O)Cl)c1. The molecule has 7 nitrogen and oxygen atoms in total. The molecule has 0 aliphatic heterocycles. The first kappa shape index (κ1) is 17.7. The van der Waals surface area contributed by atoms with Gasteiger partial charge < -0.3 is 4.74 Å². The van der Waals surface area contributed by atoms with Crippen LogP contribution in [0.25, 0.3) is 0 Å². The molecule has 0 spiro atoms. The summed E-state index contributed by atoms with van der Waals surface area (Å²) in [6.07, 6.45) is 0. The third kappa shape index (κ3) is 4.55. The molecule has 0 atom stereocenters. The maximum Gasteiger partial charge on any atom is 0.338 e. The number of carbonyl (C=O) groups is 1. The van der Waals surface area contributed by atoms with Crippen LogP contribution in [-0.2, 0) is 13.8 Å². The number of hydrogen-bond donors (Lipinski definition) is 0. The minimum absolute atomic E-state index is 0.333. The van der Waals surface area contributed by atoms with Gasteiger partial charge in [-0.1, -0.05) is 11.6 Å². The molecule has 0 amide bonds. The largest absolute Gasteiger partial charge is 0.456 e. The maximum atomic E-state index is 11.9. The zero-order chi connectivity index (χ0) is 16.6. The minimum Gasteiger partial charge on any atom is -0.456 e. The number of nitro benzene ring substituents is 1. The van der Waals surface area contributed by atoms with Gasteiger partial charge in [-0.3, -0.25) is 10.1 Å². The zero-order valence-corrected chi connectivity index (χ0v) is 13.5. The van der Waals surface area contributed by atoms with E-state index < -0.39 is 41.1 Å². The van der Waals surface area contributed by atoms with Crippen molar-refractivity contribution >= 4 is 43.0 Å². The van der Waals surface area contributed by atoms with Crippen molar-refractivity contribution in [3.63, 3.8) is 0 Å². The van der Waals surface area contributed by atoms with E-state index in [4.69, 9.17) is 27.0 Å². The van der Waals surface area contributed by atoms with Crippen LogP contribution in [0.4, 0.5) is 5.69 Å². The lowest BCUT2D eigenvalue weighted by Crippen LogP contribution is -2.24. The number of ether oxygens (including phenoxy) is 1. The van der Waals surface area contributed by atoms with E-state index in [0.717, 1.165) is 12.1 Å². The molecule has 0 aromatic heterocycles. The molecule has 0 fully saturated rings. The van der Waals surface area contributed by atoms with Gasteiger partial charge in [-0.25, -0.2) is 13.2 Å². The molecule has 116 valence electrons. The highest BCUT2D eigenvalue weighted by atomic mass is 35.7. The molecule has 0 bridgehead atoms. The summed E-state index contributed by atoms with van der Waals surface area (Å²) in [4.78, 5) is 21.2. The van der Waals surface area contributed by atoms with E-state index in [2.05, 4.69) is 0 Å². The number of hydrogen-bond acceptors (Lipinski definition) is 6. The number of carbonyl (C=O) groups excluding carboxylic acids is 1. The van der Waals surface area contributed by atoms with Crippen LogP contribution < -0.4 is 0 Å². The van der Waals surface area contributed by atoms with Crippen molar-refractivity contribution in [2.75, 3.05) is 0 Å². The van der Waals surface area contributed by atoms with E-state index in [0.29, 0.717) is 0 Å². The maximum absolute atomic E-state index is 11.9. The van der Waals surface area contributed by atoms with Gasteiger partial charge in [0.2, 0.25) is 0 Å². The van der Waals surface area contributed by atoms with E-state index >= 15 is 0 Å². The number of esters is 1. The summed E-state index contributed by atoms with van der Waals surface area (Å²) < 4.78 is 27.8. The summed E-state index contributed by atoms with van der Waals surface area (Å²) in [5.74, 6) is -0.927. The fourth-order valence-electron chi connectivity index (χ4n) is 1.35. The third-order valence-corrected chi connectivity index (χ3v) is 3.97. The molecule has 0 aliphatic carbocycles. The van der Waals surface area contributed by atoms with Crippen molar-refractivity contribution in [2.24, 2.45) is 0 Å². The highest BCUT2D eigenvalue weighted by molar-refractivity contribution is 8.13. The summed E-state index contributed by atoms with van der Waals surface area (Å²) in [6, 6.07) is 1.67. The standard InChI is InChI=1S/C11H11Cl2NO6S/c1-11(2,3)20-10(15)6-4-7(14(16)17)9(12)8(5-6)21(13,18)19/h4-5H,1-3H3. The van der Waals surface area contributed by atoms with E-state index in [1.54, 1.807) is 20.8 Å². The summed E-state index contributed by atoms with van der Waals surface area (Å²) in [5, 5.41) is 10.2. The number of rotatable bonds is 3. The Kier molecular flexibility index (Phi) is 4.87. The van der Waals surface area contributed by atoms with Crippen LogP contribution in [0.1, 0.15) is 31.1 Å². The Bertz CT molecular complexity index is 708. The summed E-state index contributed by atoms with van der Waals surface area (Å²) in [6.45, 7) is 4.78. The molecule has 0 unspecified atom stereocenters. The van der Waals surface area contributed by atoms with Crippen LogP contribution in [0.2, 0.25) is 5.02 Å². The van der Waals surface area contributed by atoms with Crippen molar-refractivity contribution in [1.29, 1.82) is 0 Å². The average molecular weight is 356 g/mol. The van der Waals surface area contributed by atoms with Crippen molar-refractivity contribution in [3.05, 3.63) is 32.8 Å². The molecule has 21 heavy (non-hydrogen) atoms. The second-order valence-corrected chi connectivity index (χ2v) is 7.92. The zero-order valence-electron chi connectivity index (χ0n) is 11.2. The van der Waals surface area contributed by atoms with Crippen LogP contribution in [0.15, 0.2) is 17.0 Å². The molecule has 0 saturated heterocycles. The highest BCUT2D eigenvalue weighted by Crippen LogP contribution is 2.34. The summed E-state index contributed by atoms with van der Waals surface area (Å²) in [7, 11) is 0.802. The van der Waals surface area contributed by atoms with E-state index in [1.165, 1.54) is 0 Å². The normalized spacial score (nSPS) is 12.0. The first-order chi connectivity index (χ1) is 9.33. The Morgan fingerprint density at radius 2 is 1.86 bits per heavy atom. The van der Waals surface area contributed by atoms with Gasteiger partial charge in [0.15, 0.2) is 0 Å². The van der Waals surface area contributed by atoms with Gasteiger partial charge >= 0.3 is 5.97 Å². The number of nitro groups is 1. The molecule has 10 heteroatoms. The first-order valence-corrected chi connectivity index (χ1v) is 8.17. The van der Waals surface area contributed by atoms with Crippen molar-refractivity contribution in [1.82, 2.24) is 0 Å². The average Bonchev–Trinajstić information content (AvgIpc) is 2.24. The predicted octanol–water partition coefficient (Wildman–Crippen LogP) is 3.13. The Morgan fingerprint density at radius 3 is 2.24 bits per heavy atom. The number of nitrogens with zero attached hydrogens (tertiary/aromatic N) is 1. The second kappa shape index (κ2) is 5.78. The molecule has 1 aromatic rings. The minimum atomic E-state index is -4.36. The fraction of sp³-hybridized carbons (Fsp3) is 0.364. The summed E-state index contributed by atoms with van der Waals surface area (Å²) in [5.41, 5.74) is -1.94. The molecular weight excluding hydrogens is 345 g/mol. The van der Waals surface area contributed by atoms with Gasteiger partial charge in [-0.2, -0.15) is 0 Å². The smallest absolute Gasteiger partial charge is 0.338 e. The molecule has 0 aliphatic rings. The Labute approximate surface area is 130 Å². The predicted molar refractivity (Wildman–Crippen MR) is 76.3 cm³/mol. The van der Waals surface area contributed by atoms with Gasteiger partial charge in [0.1, 0.15) is 15.5 Å². The number of benzene rings is 1. The lowest BCUT2D eigenvalue weighted by atomic mass is 10.1. The molecule has 1 aromatic carbocycles. The molecule has 0 radical (unpaired) electrons. The Balaban J connectivity index is 3.52. The monoisotopic (exact) mass is 355 g/mol. The van der Waals surface area contributed by atoms with E-state index in [9.17, 15) is 23.3 Å². The van der Waals surface area contributed by atoms with Gasteiger partial charge in [-0.05, 0) is 26.8 Å². The van der Waals surface area contributed by atoms with Crippen LogP contribution in [-0.4, -0.2) is 24.9 Å². The topological polar surface area (TPSA) is 104 Å². The quantitative estimate of drug-likeness (QED) is 0.357. The molecule has 0 heterocycles.